The van der Waals surface area contributed by atoms with Crippen molar-refractivity contribution in [1.82, 2.24) is 14.8 Å². The number of rotatable bonds is 1. The van der Waals surface area contributed by atoms with E-state index in [1.165, 1.54) is 6.92 Å². The number of aromatic amines is 1. The molecular weight excluding hydrogens is 258 g/mol. The van der Waals surface area contributed by atoms with E-state index in [1.807, 2.05) is 4.98 Å². The first kappa shape index (κ1) is 12.6. The second-order valence-electron chi connectivity index (χ2n) is 3.62. The summed E-state index contributed by atoms with van der Waals surface area (Å²) >= 11 is 0. The molecule has 0 aliphatic carbocycles. The Labute approximate surface area is 104 Å². The minimum Gasteiger partial charge on any atom is -0.271 e. The molecule has 0 saturated heterocycles. The molecule has 1 N–H and O–H groups in total. The van der Waals surface area contributed by atoms with Crippen LogP contribution in [-0.4, -0.2) is 14.8 Å². The molecule has 2 rings (SSSR count). The molecule has 2 aromatic rings. The highest BCUT2D eigenvalue weighted by atomic mass is 19.1. The molecule has 0 aliphatic heterocycles. The van der Waals surface area contributed by atoms with Gasteiger partial charge in [0, 0.05) is 0 Å². The van der Waals surface area contributed by atoms with Crippen LogP contribution in [0.15, 0.2) is 21.7 Å². The first-order valence-electron chi connectivity index (χ1n) is 5.01. The highest BCUT2D eigenvalue weighted by molar-refractivity contribution is 5.51. The number of nitrogens with zero attached hydrogens (tertiary/aromatic N) is 3. The number of nitrogens with one attached hydrogen (secondary N) is 1. The van der Waals surface area contributed by atoms with Crippen molar-refractivity contribution in [1.29, 1.82) is 0 Å². The van der Waals surface area contributed by atoms with Gasteiger partial charge in [0.15, 0.2) is 0 Å². The van der Waals surface area contributed by atoms with E-state index >= 15 is 0 Å². The van der Waals surface area contributed by atoms with Gasteiger partial charge in [-0.25, -0.2) is 18.4 Å². The fourth-order valence-electron chi connectivity index (χ4n) is 1.42. The molecular formula is C11H6F2N4O2. The third kappa shape index (κ3) is 2.13. The van der Waals surface area contributed by atoms with Crippen LogP contribution in [0.5, 0.6) is 0 Å². The van der Waals surface area contributed by atoms with Gasteiger partial charge in [0.25, 0.3) is 5.56 Å². The molecule has 96 valence electrons. The van der Waals surface area contributed by atoms with Crippen LogP contribution in [0.2, 0.25) is 0 Å². The Morgan fingerprint density at radius 3 is 2.63 bits per heavy atom. The number of aromatic nitrogens is 3. The monoisotopic (exact) mass is 264 g/mol. The van der Waals surface area contributed by atoms with Crippen molar-refractivity contribution in [2.75, 3.05) is 0 Å². The molecule has 19 heavy (non-hydrogen) atoms. The van der Waals surface area contributed by atoms with Gasteiger partial charge in [-0.15, -0.1) is 0 Å². The molecule has 0 spiro atoms. The number of H-pyrrole nitrogens is 1. The van der Waals surface area contributed by atoms with Crippen molar-refractivity contribution < 1.29 is 8.78 Å². The predicted molar refractivity (Wildman–Crippen MR) is 61.4 cm³/mol. The van der Waals surface area contributed by atoms with Crippen LogP contribution in [0.25, 0.3) is 10.5 Å². The summed E-state index contributed by atoms with van der Waals surface area (Å²) in [6.07, 6.45) is 0. The van der Waals surface area contributed by atoms with E-state index in [4.69, 9.17) is 6.57 Å². The van der Waals surface area contributed by atoms with Gasteiger partial charge in [-0.1, -0.05) is 0 Å². The Balaban J connectivity index is 2.77. The number of hydrogen-bond donors (Lipinski definition) is 1. The van der Waals surface area contributed by atoms with E-state index in [2.05, 4.69) is 9.94 Å². The zero-order valence-corrected chi connectivity index (χ0v) is 9.57. The first-order chi connectivity index (χ1) is 8.93. The summed E-state index contributed by atoms with van der Waals surface area (Å²) in [5, 5.41) is 3.58. The van der Waals surface area contributed by atoms with Gasteiger partial charge in [-0.3, -0.25) is 9.78 Å². The highest BCUT2D eigenvalue weighted by Gasteiger charge is 2.14. The molecule has 0 bridgehead atoms. The Morgan fingerprint density at radius 1 is 1.32 bits per heavy atom. The second kappa shape index (κ2) is 4.45. The topological polar surface area (TPSA) is 72.1 Å². The van der Waals surface area contributed by atoms with Crippen molar-refractivity contribution >= 4 is 5.69 Å². The second-order valence-corrected chi connectivity index (χ2v) is 3.62. The molecule has 1 aromatic heterocycles. The van der Waals surface area contributed by atoms with Crippen molar-refractivity contribution in [3.8, 4) is 5.69 Å². The van der Waals surface area contributed by atoms with Gasteiger partial charge < -0.3 is 0 Å². The fraction of sp³-hybridized carbons (Fsp3) is 0.0909. The maximum absolute atomic E-state index is 13.7. The van der Waals surface area contributed by atoms with Crippen LogP contribution in [0.4, 0.5) is 14.5 Å². The van der Waals surface area contributed by atoms with Gasteiger partial charge in [-0.05, 0) is 19.1 Å². The van der Waals surface area contributed by atoms with Crippen LogP contribution < -0.4 is 11.2 Å². The first-order valence-corrected chi connectivity index (χ1v) is 5.01. The lowest BCUT2D eigenvalue weighted by Gasteiger charge is -2.06. The molecule has 0 aliphatic rings. The molecule has 0 atom stereocenters. The van der Waals surface area contributed by atoms with Crippen LogP contribution in [-0.2, 0) is 0 Å². The lowest BCUT2D eigenvalue weighted by atomic mass is 10.2. The Bertz CT molecular complexity index is 817. The van der Waals surface area contributed by atoms with Crippen LogP contribution >= 0.6 is 0 Å². The molecule has 0 fully saturated rings. The lowest BCUT2D eigenvalue weighted by molar-refractivity contribution is 0.580. The third-order valence-corrected chi connectivity index (χ3v) is 2.36. The molecule has 6 nitrogen and oxygen atoms in total. The van der Waals surface area contributed by atoms with Crippen LogP contribution in [0.3, 0.4) is 0 Å². The van der Waals surface area contributed by atoms with Crippen LogP contribution in [0.1, 0.15) is 5.69 Å². The quantitative estimate of drug-likeness (QED) is 0.783. The van der Waals surface area contributed by atoms with Gasteiger partial charge in [-0.2, -0.15) is 9.78 Å². The molecule has 0 saturated carbocycles. The van der Waals surface area contributed by atoms with Gasteiger partial charge in [0.2, 0.25) is 5.69 Å². The summed E-state index contributed by atoms with van der Waals surface area (Å²) in [5.74, 6) is -1.97. The largest absolute Gasteiger partial charge is 0.349 e. The average molecular weight is 264 g/mol. The smallest absolute Gasteiger partial charge is 0.271 e. The zero-order valence-electron chi connectivity index (χ0n) is 9.57. The van der Waals surface area contributed by atoms with Gasteiger partial charge in [0.05, 0.1) is 6.57 Å². The Hall–Kier alpha value is -2.82. The summed E-state index contributed by atoms with van der Waals surface area (Å²) in [6.45, 7) is 7.96. The lowest BCUT2D eigenvalue weighted by Crippen LogP contribution is -2.33. The van der Waals surface area contributed by atoms with E-state index in [1.54, 1.807) is 0 Å². The Kier molecular flexibility index (Phi) is 2.96. The van der Waals surface area contributed by atoms with Crippen molar-refractivity contribution in [2.45, 2.75) is 6.92 Å². The van der Waals surface area contributed by atoms with E-state index in [0.29, 0.717) is 16.8 Å². The number of aryl methyl sites for hydroxylation is 1. The standard InChI is InChI=1S/C11H6F2N4O2/c1-5-10(18)15-11(19)17(16-5)9-4-6(12)8(14-2)3-7(9)13/h3-4H,1H3,(H,15,18,19). The van der Waals surface area contributed by atoms with Crippen LogP contribution in [0, 0.1) is 25.1 Å². The summed E-state index contributed by atoms with van der Waals surface area (Å²) < 4.78 is 27.7. The van der Waals surface area contributed by atoms with E-state index in [0.717, 1.165) is 0 Å². The van der Waals surface area contributed by atoms with E-state index in [9.17, 15) is 18.4 Å². The Morgan fingerprint density at radius 2 is 2.00 bits per heavy atom. The number of hydrogen-bond acceptors (Lipinski definition) is 3. The molecule has 1 aromatic carbocycles. The zero-order chi connectivity index (χ0) is 14.2. The molecule has 1 heterocycles. The summed E-state index contributed by atoms with van der Waals surface area (Å²) in [6, 6.07) is 1.33. The number of benzene rings is 1. The fourth-order valence-corrected chi connectivity index (χ4v) is 1.42. The SMILES string of the molecule is [C-]#[N+]c1cc(F)c(-n2nc(C)c(=O)[nH]c2=O)cc1F. The molecule has 0 unspecified atom stereocenters. The maximum atomic E-state index is 13.7. The molecule has 0 amide bonds. The van der Waals surface area contributed by atoms with E-state index in [-0.39, 0.29) is 5.69 Å². The van der Waals surface area contributed by atoms with Gasteiger partial charge >= 0.3 is 5.69 Å². The van der Waals surface area contributed by atoms with Crippen molar-refractivity contribution in [2.24, 2.45) is 0 Å². The normalized spacial score (nSPS) is 10.2. The third-order valence-electron chi connectivity index (χ3n) is 2.36. The minimum atomic E-state index is -0.996. The van der Waals surface area contributed by atoms with Crippen molar-refractivity contribution in [3.05, 3.63) is 61.7 Å². The molecule has 0 radical (unpaired) electrons. The summed E-state index contributed by atoms with van der Waals surface area (Å²) in [4.78, 5) is 27.4. The summed E-state index contributed by atoms with van der Waals surface area (Å²) in [5.41, 5.74) is -2.76. The average Bonchev–Trinajstić information content (AvgIpc) is 2.36. The highest BCUT2D eigenvalue weighted by Crippen LogP contribution is 2.23. The minimum absolute atomic E-state index is 0.0753. The maximum Gasteiger partial charge on any atom is 0.349 e. The van der Waals surface area contributed by atoms with Crippen molar-refractivity contribution in [3.63, 3.8) is 0 Å². The van der Waals surface area contributed by atoms with E-state index < -0.39 is 34.3 Å². The summed E-state index contributed by atoms with van der Waals surface area (Å²) in [7, 11) is 0. The van der Waals surface area contributed by atoms with Gasteiger partial charge in [0.1, 0.15) is 23.0 Å². The molecule has 8 heteroatoms. The number of halogens is 2. The predicted octanol–water partition coefficient (Wildman–Crippen LogP) is 1.06.